The van der Waals surface area contributed by atoms with E-state index in [2.05, 4.69) is 51.3 Å². The molecule has 1 aromatic heterocycles. The molecule has 1 N–H and O–H groups in total. The summed E-state index contributed by atoms with van der Waals surface area (Å²) < 4.78 is 2.16. The lowest BCUT2D eigenvalue weighted by Crippen LogP contribution is -2.44. The molecule has 0 spiro atoms. The molecule has 4 nitrogen and oxygen atoms in total. The molecule has 2 heterocycles. The van der Waals surface area contributed by atoms with Gasteiger partial charge in [0, 0.05) is 55.4 Å². The zero-order valence-corrected chi connectivity index (χ0v) is 16.7. The summed E-state index contributed by atoms with van der Waals surface area (Å²) in [5, 5.41) is 5.22. The predicted octanol–water partition coefficient (Wildman–Crippen LogP) is 4.47. The van der Waals surface area contributed by atoms with E-state index in [1.165, 1.54) is 16.5 Å². The number of halogens is 1. The van der Waals surface area contributed by atoms with Crippen LogP contribution in [0.3, 0.4) is 0 Å². The fourth-order valence-electron chi connectivity index (χ4n) is 3.94. The van der Waals surface area contributed by atoms with Gasteiger partial charge in [0.1, 0.15) is 0 Å². The Morgan fingerprint density at radius 2 is 1.79 bits per heavy atom. The van der Waals surface area contributed by atoms with Crippen LogP contribution in [0.15, 0.2) is 60.8 Å². The van der Waals surface area contributed by atoms with Crippen molar-refractivity contribution in [1.29, 1.82) is 0 Å². The van der Waals surface area contributed by atoms with E-state index >= 15 is 0 Å². The average Bonchev–Trinajstić information content (AvgIpc) is 3.13. The van der Waals surface area contributed by atoms with Crippen molar-refractivity contribution in [2.24, 2.45) is 0 Å². The molecule has 28 heavy (non-hydrogen) atoms. The van der Waals surface area contributed by atoms with Crippen LogP contribution in [0.5, 0.6) is 0 Å². The van der Waals surface area contributed by atoms with Gasteiger partial charge in [-0.05, 0) is 48.1 Å². The minimum Gasteiger partial charge on any atom is -0.353 e. The highest BCUT2D eigenvalue weighted by Crippen LogP contribution is 2.17. The van der Waals surface area contributed by atoms with Gasteiger partial charge in [0.15, 0.2) is 0 Å². The molecule has 5 heteroatoms. The monoisotopic (exact) mass is 395 g/mol. The number of nitrogens with one attached hydrogen (secondary N) is 1. The third kappa shape index (κ3) is 4.75. The number of fused-ring (bicyclic) bond motifs is 1. The van der Waals surface area contributed by atoms with Crippen molar-refractivity contribution >= 4 is 28.4 Å². The molecule has 4 rings (SSSR count). The van der Waals surface area contributed by atoms with Crippen LogP contribution in [-0.2, 0) is 17.9 Å². The topological polar surface area (TPSA) is 37.3 Å². The molecule has 3 aromatic rings. The first-order valence-corrected chi connectivity index (χ1v) is 10.4. The van der Waals surface area contributed by atoms with Crippen LogP contribution in [0.1, 0.15) is 24.8 Å². The summed E-state index contributed by atoms with van der Waals surface area (Å²) in [7, 11) is 0. The molecule has 1 aliphatic rings. The molecular formula is C23H26ClN3O. The van der Waals surface area contributed by atoms with Gasteiger partial charge in [-0.25, -0.2) is 0 Å². The molecule has 1 fully saturated rings. The lowest BCUT2D eigenvalue weighted by molar-refractivity contribution is -0.122. The van der Waals surface area contributed by atoms with Crippen LogP contribution in [0.25, 0.3) is 10.9 Å². The zero-order chi connectivity index (χ0) is 19.3. The van der Waals surface area contributed by atoms with Gasteiger partial charge in [-0.2, -0.15) is 0 Å². The number of benzene rings is 2. The molecule has 1 aliphatic heterocycles. The SMILES string of the molecule is O=C(CCn1ccc2ccccc21)NC1CCN(Cc2ccc(Cl)cc2)CC1. The summed E-state index contributed by atoms with van der Waals surface area (Å²) >= 11 is 5.95. The van der Waals surface area contributed by atoms with Crippen molar-refractivity contribution in [2.45, 2.75) is 38.4 Å². The highest BCUT2D eigenvalue weighted by Gasteiger charge is 2.20. The first-order chi connectivity index (χ1) is 13.7. The summed E-state index contributed by atoms with van der Waals surface area (Å²) in [5.74, 6) is 0.147. The van der Waals surface area contributed by atoms with Gasteiger partial charge in [-0.3, -0.25) is 9.69 Å². The Kier molecular flexibility index (Phi) is 5.98. The number of piperidine rings is 1. The van der Waals surface area contributed by atoms with Crippen molar-refractivity contribution in [2.75, 3.05) is 13.1 Å². The molecule has 146 valence electrons. The van der Waals surface area contributed by atoms with E-state index in [9.17, 15) is 4.79 Å². The minimum absolute atomic E-state index is 0.147. The molecule has 1 amide bonds. The summed E-state index contributed by atoms with van der Waals surface area (Å²) in [6.07, 6.45) is 4.59. The fraction of sp³-hybridized carbons (Fsp3) is 0.348. The second kappa shape index (κ2) is 8.80. The fourth-order valence-corrected chi connectivity index (χ4v) is 4.07. The molecule has 0 radical (unpaired) electrons. The van der Waals surface area contributed by atoms with E-state index in [0.717, 1.165) is 44.0 Å². The molecule has 0 aliphatic carbocycles. The number of para-hydroxylation sites is 1. The smallest absolute Gasteiger partial charge is 0.222 e. The minimum atomic E-state index is 0.147. The average molecular weight is 396 g/mol. The number of aromatic nitrogens is 1. The third-order valence-electron chi connectivity index (χ3n) is 5.53. The van der Waals surface area contributed by atoms with Crippen molar-refractivity contribution < 1.29 is 4.79 Å². The number of nitrogens with zero attached hydrogens (tertiary/aromatic N) is 2. The van der Waals surface area contributed by atoms with Crippen LogP contribution in [0, 0.1) is 0 Å². The van der Waals surface area contributed by atoms with Crippen molar-refractivity contribution in [3.63, 3.8) is 0 Å². The van der Waals surface area contributed by atoms with Crippen LogP contribution >= 0.6 is 11.6 Å². The van der Waals surface area contributed by atoms with Gasteiger partial charge >= 0.3 is 0 Å². The van der Waals surface area contributed by atoms with Crippen LogP contribution in [-0.4, -0.2) is 34.5 Å². The van der Waals surface area contributed by atoms with Crippen LogP contribution in [0.4, 0.5) is 0 Å². The van der Waals surface area contributed by atoms with Gasteiger partial charge < -0.3 is 9.88 Å². The first-order valence-electron chi connectivity index (χ1n) is 9.97. The molecule has 0 saturated carbocycles. The number of rotatable bonds is 6. The molecule has 1 saturated heterocycles. The quantitative estimate of drug-likeness (QED) is 0.668. The number of amides is 1. The van der Waals surface area contributed by atoms with Gasteiger partial charge in [-0.15, -0.1) is 0 Å². The molecular weight excluding hydrogens is 370 g/mol. The maximum Gasteiger partial charge on any atom is 0.222 e. The summed E-state index contributed by atoms with van der Waals surface area (Å²) in [6, 6.07) is 18.7. The van der Waals surface area contributed by atoms with Gasteiger partial charge in [-0.1, -0.05) is 41.9 Å². The lowest BCUT2D eigenvalue weighted by atomic mass is 10.0. The number of likely N-dealkylation sites (tertiary alicyclic amines) is 1. The largest absolute Gasteiger partial charge is 0.353 e. The van der Waals surface area contributed by atoms with E-state index in [4.69, 9.17) is 11.6 Å². The number of aryl methyl sites for hydroxylation is 1. The molecule has 2 aromatic carbocycles. The maximum absolute atomic E-state index is 12.4. The van der Waals surface area contributed by atoms with Gasteiger partial charge in [0.25, 0.3) is 0 Å². The second-order valence-corrected chi connectivity index (χ2v) is 8.00. The molecule has 0 unspecified atom stereocenters. The molecule has 0 bridgehead atoms. The molecule has 0 atom stereocenters. The van der Waals surface area contributed by atoms with Crippen molar-refractivity contribution in [3.8, 4) is 0 Å². The van der Waals surface area contributed by atoms with E-state index < -0.39 is 0 Å². The lowest BCUT2D eigenvalue weighted by Gasteiger charge is -2.32. The summed E-state index contributed by atoms with van der Waals surface area (Å²) in [5.41, 5.74) is 2.47. The van der Waals surface area contributed by atoms with E-state index in [-0.39, 0.29) is 11.9 Å². The number of carbonyl (C=O) groups is 1. The summed E-state index contributed by atoms with van der Waals surface area (Å²) in [6.45, 7) is 3.68. The Morgan fingerprint density at radius 3 is 2.57 bits per heavy atom. The van der Waals surface area contributed by atoms with E-state index in [1.54, 1.807) is 0 Å². The third-order valence-corrected chi connectivity index (χ3v) is 5.78. The van der Waals surface area contributed by atoms with Gasteiger partial charge in [0.2, 0.25) is 5.91 Å². The predicted molar refractivity (Wildman–Crippen MR) is 114 cm³/mol. The Hall–Kier alpha value is -2.30. The Labute approximate surface area is 171 Å². The normalized spacial score (nSPS) is 15.8. The van der Waals surface area contributed by atoms with E-state index in [0.29, 0.717) is 6.42 Å². The van der Waals surface area contributed by atoms with Gasteiger partial charge in [0.05, 0.1) is 0 Å². The highest BCUT2D eigenvalue weighted by atomic mass is 35.5. The zero-order valence-electron chi connectivity index (χ0n) is 16.0. The Morgan fingerprint density at radius 1 is 1.04 bits per heavy atom. The van der Waals surface area contributed by atoms with E-state index in [1.807, 2.05) is 24.3 Å². The number of hydrogen-bond acceptors (Lipinski definition) is 2. The van der Waals surface area contributed by atoms with Crippen molar-refractivity contribution in [3.05, 3.63) is 71.4 Å². The highest BCUT2D eigenvalue weighted by molar-refractivity contribution is 6.30. The first kappa shape index (κ1) is 19.0. The van der Waals surface area contributed by atoms with Crippen LogP contribution < -0.4 is 5.32 Å². The Bertz CT molecular complexity index is 926. The van der Waals surface area contributed by atoms with Crippen molar-refractivity contribution in [1.82, 2.24) is 14.8 Å². The second-order valence-electron chi connectivity index (χ2n) is 7.56. The number of hydrogen-bond donors (Lipinski definition) is 1. The Balaban J connectivity index is 1.21. The maximum atomic E-state index is 12.4. The summed E-state index contributed by atoms with van der Waals surface area (Å²) in [4.78, 5) is 14.8. The van der Waals surface area contributed by atoms with Crippen LogP contribution in [0.2, 0.25) is 5.02 Å². The standard InChI is InChI=1S/C23H26ClN3O/c24-20-7-5-18(6-8-20)17-26-13-10-21(11-14-26)25-23(28)12-16-27-15-9-19-3-1-2-4-22(19)27/h1-9,15,21H,10-14,16-17H2,(H,25,28). The number of carbonyl (C=O) groups excluding carboxylic acids is 1.